The van der Waals surface area contributed by atoms with E-state index in [2.05, 4.69) is 5.32 Å². The van der Waals surface area contributed by atoms with Crippen molar-refractivity contribution < 1.29 is 23.5 Å². The Morgan fingerprint density at radius 1 is 1.22 bits per heavy atom. The second kappa shape index (κ2) is 6.64. The van der Waals surface area contributed by atoms with Gasteiger partial charge in [0.1, 0.15) is 0 Å². The van der Waals surface area contributed by atoms with Gasteiger partial charge >= 0.3 is 5.97 Å². The Hall–Kier alpha value is -1.98. The number of rotatable bonds is 4. The van der Waals surface area contributed by atoms with E-state index in [0.717, 1.165) is 11.1 Å². The first-order valence-electron chi connectivity index (χ1n) is 7.68. The Bertz CT molecular complexity index is 606. The molecule has 0 heterocycles. The number of carboxylic acids is 1. The van der Waals surface area contributed by atoms with E-state index < -0.39 is 29.8 Å². The van der Waals surface area contributed by atoms with Crippen molar-refractivity contribution >= 4 is 11.9 Å². The topological polar surface area (TPSA) is 66.4 Å². The number of amides is 1. The van der Waals surface area contributed by atoms with Gasteiger partial charge in [-0.25, -0.2) is 13.6 Å². The normalized spacial score (nSPS) is 19.1. The van der Waals surface area contributed by atoms with Crippen LogP contribution in [0.5, 0.6) is 0 Å². The van der Waals surface area contributed by atoms with Crippen LogP contribution in [-0.4, -0.2) is 22.9 Å². The summed E-state index contributed by atoms with van der Waals surface area (Å²) >= 11 is 0. The Morgan fingerprint density at radius 2 is 1.83 bits per heavy atom. The summed E-state index contributed by atoms with van der Waals surface area (Å²) in [6, 6.07) is 4.03. The van der Waals surface area contributed by atoms with Crippen LogP contribution in [0, 0.1) is 19.8 Å². The summed E-state index contributed by atoms with van der Waals surface area (Å²) in [7, 11) is 0. The van der Waals surface area contributed by atoms with E-state index in [-0.39, 0.29) is 25.7 Å². The largest absolute Gasteiger partial charge is 0.479 e. The molecule has 0 aliphatic heterocycles. The number of hydrogen-bond donors (Lipinski definition) is 2. The number of carboxylic acid groups (broad SMARTS) is 1. The molecule has 1 aliphatic carbocycles. The minimum absolute atomic E-state index is 0.0814. The van der Waals surface area contributed by atoms with Crippen molar-refractivity contribution in [2.24, 2.45) is 5.92 Å². The predicted molar refractivity (Wildman–Crippen MR) is 81.3 cm³/mol. The van der Waals surface area contributed by atoms with Crippen LogP contribution in [0.25, 0.3) is 0 Å². The summed E-state index contributed by atoms with van der Waals surface area (Å²) < 4.78 is 26.3. The van der Waals surface area contributed by atoms with Crippen molar-refractivity contribution in [2.45, 2.75) is 51.5 Å². The summed E-state index contributed by atoms with van der Waals surface area (Å²) in [6.07, 6.45) is -0.491. The third-order valence-corrected chi connectivity index (χ3v) is 4.49. The van der Waals surface area contributed by atoms with Crippen LogP contribution in [0.4, 0.5) is 8.78 Å². The molecule has 1 atom stereocenters. The highest BCUT2D eigenvalue weighted by Gasteiger charge is 2.38. The van der Waals surface area contributed by atoms with Gasteiger partial charge in [-0.15, -0.1) is 0 Å². The van der Waals surface area contributed by atoms with Crippen molar-refractivity contribution in [3.05, 3.63) is 34.9 Å². The van der Waals surface area contributed by atoms with E-state index in [0.29, 0.717) is 5.56 Å². The third kappa shape index (κ3) is 4.27. The van der Waals surface area contributed by atoms with E-state index in [1.165, 1.54) is 0 Å². The quantitative estimate of drug-likeness (QED) is 0.892. The Kier molecular flexibility index (Phi) is 5.02. The highest BCUT2D eigenvalue weighted by Crippen LogP contribution is 2.36. The molecule has 1 unspecified atom stereocenters. The standard InChI is InChI=1S/C17H21F2NO3/c1-10-3-4-13(9-11(10)2)14(16(22)23)20-15(21)12-5-7-17(18,19)8-6-12/h3-4,9,12,14H,5-8H2,1-2H3,(H,20,21)(H,22,23). The fourth-order valence-electron chi connectivity index (χ4n) is 2.79. The molecule has 1 aromatic carbocycles. The van der Waals surface area contributed by atoms with Crippen molar-refractivity contribution in [1.29, 1.82) is 0 Å². The average Bonchev–Trinajstić information content (AvgIpc) is 2.47. The molecule has 6 heteroatoms. The van der Waals surface area contributed by atoms with Crippen LogP contribution < -0.4 is 5.32 Å². The minimum atomic E-state index is -2.71. The molecule has 23 heavy (non-hydrogen) atoms. The fraction of sp³-hybridized carbons (Fsp3) is 0.529. The predicted octanol–water partition coefficient (Wildman–Crippen LogP) is 3.37. The highest BCUT2D eigenvalue weighted by molar-refractivity contribution is 5.86. The summed E-state index contributed by atoms with van der Waals surface area (Å²) in [5.41, 5.74) is 2.44. The van der Waals surface area contributed by atoms with E-state index >= 15 is 0 Å². The lowest BCUT2D eigenvalue weighted by atomic mass is 9.86. The summed E-state index contributed by atoms with van der Waals surface area (Å²) in [4.78, 5) is 23.7. The van der Waals surface area contributed by atoms with Gasteiger partial charge in [0.2, 0.25) is 11.8 Å². The summed E-state index contributed by atoms with van der Waals surface area (Å²) in [6.45, 7) is 3.78. The van der Waals surface area contributed by atoms with Gasteiger partial charge in [-0.05, 0) is 43.4 Å². The van der Waals surface area contributed by atoms with Crippen LogP contribution in [0.2, 0.25) is 0 Å². The van der Waals surface area contributed by atoms with Crippen LogP contribution in [0.1, 0.15) is 48.4 Å². The molecule has 0 radical (unpaired) electrons. The first-order chi connectivity index (χ1) is 10.7. The van der Waals surface area contributed by atoms with Crippen LogP contribution in [0.15, 0.2) is 18.2 Å². The van der Waals surface area contributed by atoms with Gasteiger partial charge < -0.3 is 10.4 Å². The molecule has 0 saturated heterocycles. The monoisotopic (exact) mass is 325 g/mol. The number of alkyl halides is 2. The molecule has 126 valence electrons. The van der Waals surface area contributed by atoms with Gasteiger partial charge in [0, 0.05) is 18.8 Å². The molecule has 1 amide bonds. The second-order valence-electron chi connectivity index (χ2n) is 6.25. The summed E-state index contributed by atoms with van der Waals surface area (Å²) in [5, 5.41) is 11.9. The minimum Gasteiger partial charge on any atom is -0.479 e. The molecule has 4 nitrogen and oxygen atoms in total. The first kappa shape index (κ1) is 17.4. The molecule has 0 bridgehead atoms. The molecule has 1 saturated carbocycles. The molecule has 1 aromatic rings. The lowest BCUT2D eigenvalue weighted by Crippen LogP contribution is -2.40. The van der Waals surface area contributed by atoms with Gasteiger partial charge in [0.05, 0.1) is 0 Å². The van der Waals surface area contributed by atoms with Crippen LogP contribution in [-0.2, 0) is 9.59 Å². The first-order valence-corrected chi connectivity index (χ1v) is 7.68. The number of aryl methyl sites for hydroxylation is 2. The lowest BCUT2D eigenvalue weighted by molar-refractivity contribution is -0.143. The number of benzene rings is 1. The molecular weight excluding hydrogens is 304 g/mol. The maximum Gasteiger partial charge on any atom is 0.330 e. The van der Waals surface area contributed by atoms with Crippen molar-refractivity contribution in [3.8, 4) is 0 Å². The van der Waals surface area contributed by atoms with E-state index in [1.807, 2.05) is 13.8 Å². The maximum absolute atomic E-state index is 13.2. The molecule has 1 aliphatic rings. The van der Waals surface area contributed by atoms with Crippen LogP contribution in [0.3, 0.4) is 0 Å². The molecule has 1 fully saturated rings. The number of nitrogens with one attached hydrogen (secondary N) is 1. The van der Waals surface area contributed by atoms with Crippen LogP contribution >= 0.6 is 0 Å². The SMILES string of the molecule is Cc1ccc(C(NC(=O)C2CCC(F)(F)CC2)C(=O)O)cc1C. The Morgan fingerprint density at radius 3 is 2.35 bits per heavy atom. The summed E-state index contributed by atoms with van der Waals surface area (Å²) in [5.74, 6) is -4.89. The van der Waals surface area contributed by atoms with Gasteiger partial charge in [-0.1, -0.05) is 18.2 Å². The van der Waals surface area contributed by atoms with E-state index in [4.69, 9.17) is 0 Å². The Balaban J connectivity index is 2.09. The van der Waals surface area contributed by atoms with Crippen molar-refractivity contribution in [2.75, 3.05) is 0 Å². The second-order valence-corrected chi connectivity index (χ2v) is 6.25. The number of aliphatic carboxylic acids is 1. The van der Waals surface area contributed by atoms with E-state index in [1.54, 1.807) is 18.2 Å². The Labute approximate surface area is 133 Å². The van der Waals surface area contributed by atoms with Gasteiger partial charge in [0.15, 0.2) is 6.04 Å². The molecule has 0 aromatic heterocycles. The highest BCUT2D eigenvalue weighted by atomic mass is 19.3. The van der Waals surface area contributed by atoms with Gasteiger partial charge in [0.25, 0.3) is 0 Å². The zero-order valence-electron chi connectivity index (χ0n) is 13.2. The smallest absolute Gasteiger partial charge is 0.330 e. The van der Waals surface area contributed by atoms with E-state index in [9.17, 15) is 23.5 Å². The molecule has 2 rings (SSSR count). The number of carbonyl (C=O) groups is 2. The average molecular weight is 325 g/mol. The molecular formula is C17H21F2NO3. The lowest BCUT2D eigenvalue weighted by Gasteiger charge is -2.28. The van der Waals surface area contributed by atoms with Crippen molar-refractivity contribution in [3.63, 3.8) is 0 Å². The van der Waals surface area contributed by atoms with Crippen molar-refractivity contribution in [1.82, 2.24) is 5.32 Å². The zero-order valence-corrected chi connectivity index (χ0v) is 13.2. The number of halogens is 2. The molecule has 2 N–H and O–H groups in total. The number of carbonyl (C=O) groups excluding carboxylic acids is 1. The van der Waals surface area contributed by atoms with Gasteiger partial charge in [-0.3, -0.25) is 4.79 Å². The maximum atomic E-state index is 13.2. The fourth-order valence-corrected chi connectivity index (χ4v) is 2.79. The van der Waals surface area contributed by atoms with Gasteiger partial charge in [-0.2, -0.15) is 0 Å². The third-order valence-electron chi connectivity index (χ3n) is 4.49. The molecule has 0 spiro atoms. The zero-order chi connectivity index (χ0) is 17.2. The number of hydrogen-bond acceptors (Lipinski definition) is 2.